The molecule has 0 bridgehead atoms. The minimum Gasteiger partial charge on any atom is -0.329 e. The molecule has 0 spiro atoms. The Kier molecular flexibility index (Phi) is 4.38. The number of H-pyrrole nitrogens is 1. The maximum atomic E-state index is 11.2. The molecule has 0 saturated carbocycles. The van der Waals surface area contributed by atoms with Gasteiger partial charge in [0.25, 0.3) is 5.56 Å². The number of thiophene rings is 1. The summed E-state index contributed by atoms with van der Waals surface area (Å²) in [4.78, 5) is 19.1. The molecule has 3 N–H and O–H groups in total. The van der Waals surface area contributed by atoms with Gasteiger partial charge in [-0.15, -0.1) is 11.3 Å². The molecular weight excluding hydrogens is 322 g/mol. The highest BCUT2D eigenvalue weighted by molar-refractivity contribution is 9.11. The van der Waals surface area contributed by atoms with E-state index in [9.17, 15) is 4.79 Å². The lowest BCUT2D eigenvalue weighted by Crippen LogP contribution is -2.11. The molecule has 0 radical (unpaired) electrons. The van der Waals surface area contributed by atoms with Crippen LogP contribution < -0.4 is 11.3 Å². The molecule has 0 amide bonds. The van der Waals surface area contributed by atoms with Crippen molar-refractivity contribution >= 4 is 39.0 Å². The van der Waals surface area contributed by atoms with E-state index in [1.807, 2.05) is 12.1 Å². The topological polar surface area (TPSA) is 71.8 Å². The van der Waals surface area contributed by atoms with Crippen LogP contribution >= 0.6 is 39.0 Å². The molecule has 2 aromatic rings. The van der Waals surface area contributed by atoms with Gasteiger partial charge in [-0.1, -0.05) is 11.8 Å². The van der Waals surface area contributed by atoms with Crippen molar-refractivity contribution in [2.45, 2.75) is 10.4 Å². The van der Waals surface area contributed by atoms with E-state index >= 15 is 0 Å². The number of aromatic amines is 1. The quantitative estimate of drug-likeness (QED) is 0.666. The summed E-state index contributed by atoms with van der Waals surface area (Å²) in [5.74, 6) is 0. The van der Waals surface area contributed by atoms with Crippen molar-refractivity contribution in [1.82, 2.24) is 9.97 Å². The third-order valence-corrected chi connectivity index (χ3v) is 5.08. The molecule has 1 unspecified atom stereocenters. The number of hydrogen-bond acceptors (Lipinski definition) is 5. The van der Waals surface area contributed by atoms with Crippen molar-refractivity contribution in [3.05, 3.63) is 43.4 Å². The maximum absolute atomic E-state index is 11.2. The highest BCUT2D eigenvalue weighted by Gasteiger charge is 2.14. The van der Waals surface area contributed by atoms with Crippen LogP contribution in [0.4, 0.5) is 0 Å². The average Bonchev–Trinajstić information content (AvgIpc) is 2.73. The van der Waals surface area contributed by atoms with Gasteiger partial charge in [0.15, 0.2) is 5.16 Å². The van der Waals surface area contributed by atoms with Crippen LogP contribution in [0.1, 0.15) is 10.1 Å². The van der Waals surface area contributed by atoms with Crippen LogP contribution in [-0.2, 0) is 0 Å². The van der Waals surface area contributed by atoms with E-state index in [-0.39, 0.29) is 10.8 Å². The Balaban J connectivity index is 2.18. The number of halogens is 1. The van der Waals surface area contributed by atoms with Crippen LogP contribution in [-0.4, -0.2) is 16.5 Å². The second-order valence-electron chi connectivity index (χ2n) is 3.22. The fraction of sp³-hybridized carbons (Fsp3) is 0.200. The van der Waals surface area contributed by atoms with Crippen LogP contribution in [0.2, 0.25) is 0 Å². The first kappa shape index (κ1) is 12.8. The molecule has 90 valence electrons. The van der Waals surface area contributed by atoms with Gasteiger partial charge < -0.3 is 10.7 Å². The van der Waals surface area contributed by atoms with Crippen LogP contribution in [0.5, 0.6) is 0 Å². The molecule has 7 heteroatoms. The van der Waals surface area contributed by atoms with Gasteiger partial charge in [-0.2, -0.15) is 0 Å². The van der Waals surface area contributed by atoms with Gasteiger partial charge in [-0.3, -0.25) is 4.79 Å². The van der Waals surface area contributed by atoms with Crippen LogP contribution in [0.25, 0.3) is 0 Å². The van der Waals surface area contributed by atoms with Crippen molar-refractivity contribution in [3.8, 4) is 0 Å². The summed E-state index contributed by atoms with van der Waals surface area (Å²) < 4.78 is 1.07. The first-order valence-electron chi connectivity index (χ1n) is 4.86. The van der Waals surface area contributed by atoms with E-state index in [4.69, 9.17) is 5.73 Å². The van der Waals surface area contributed by atoms with E-state index in [0.717, 1.165) is 8.66 Å². The molecule has 17 heavy (non-hydrogen) atoms. The number of thioether (sulfide) groups is 1. The molecule has 0 saturated heterocycles. The Hall–Kier alpha value is -0.630. The number of hydrogen-bond donors (Lipinski definition) is 2. The minimum absolute atomic E-state index is 0.108. The molecule has 4 nitrogen and oxygen atoms in total. The van der Waals surface area contributed by atoms with Gasteiger partial charge >= 0.3 is 0 Å². The Labute approximate surface area is 115 Å². The zero-order chi connectivity index (χ0) is 12.3. The standard InChI is InChI=1S/C10H10BrN3OS2/c11-8-2-1-6(16-8)7(5-12)17-10-13-4-3-9(15)14-10/h1-4,7H,5,12H2,(H,13,14,15). The number of nitrogens with two attached hydrogens (primary N) is 1. The molecule has 0 aliphatic heterocycles. The summed E-state index contributed by atoms with van der Waals surface area (Å²) in [6.45, 7) is 0.496. The summed E-state index contributed by atoms with van der Waals surface area (Å²) in [7, 11) is 0. The summed E-state index contributed by atoms with van der Waals surface area (Å²) >= 11 is 6.53. The van der Waals surface area contributed by atoms with E-state index in [1.54, 1.807) is 11.3 Å². The molecule has 2 aromatic heterocycles. The van der Waals surface area contributed by atoms with Crippen molar-refractivity contribution in [3.63, 3.8) is 0 Å². The number of nitrogens with zero attached hydrogens (tertiary/aromatic N) is 1. The Morgan fingerprint density at radius 2 is 2.35 bits per heavy atom. The Morgan fingerprint density at radius 1 is 1.53 bits per heavy atom. The lowest BCUT2D eigenvalue weighted by Gasteiger charge is -2.10. The molecule has 2 heterocycles. The summed E-state index contributed by atoms with van der Waals surface area (Å²) in [6, 6.07) is 5.41. The molecule has 0 aliphatic rings. The SMILES string of the molecule is NCC(Sc1nccc(=O)[nH]1)c1ccc(Br)s1. The van der Waals surface area contributed by atoms with Crippen molar-refractivity contribution in [2.75, 3.05) is 6.54 Å². The number of rotatable bonds is 4. The third kappa shape index (κ3) is 3.41. The van der Waals surface area contributed by atoms with Crippen LogP contribution in [0, 0.1) is 0 Å². The zero-order valence-corrected chi connectivity index (χ0v) is 11.9. The summed E-state index contributed by atoms with van der Waals surface area (Å²) in [6.07, 6.45) is 1.50. The smallest absolute Gasteiger partial charge is 0.251 e. The molecule has 0 aliphatic carbocycles. The summed E-state index contributed by atoms with van der Waals surface area (Å²) in [5.41, 5.74) is 5.60. The van der Waals surface area contributed by atoms with E-state index in [0.29, 0.717) is 11.7 Å². The largest absolute Gasteiger partial charge is 0.329 e. The van der Waals surface area contributed by atoms with Crippen molar-refractivity contribution in [2.24, 2.45) is 5.73 Å². The van der Waals surface area contributed by atoms with Crippen LogP contribution in [0.3, 0.4) is 0 Å². The predicted molar refractivity (Wildman–Crippen MR) is 74.5 cm³/mol. The fourth-order valence-corrected chi connectivity index (χ4v) is 3.82. The lowest BCUT2D eigenvalue weighted by atomic mass is 10.3. The lowest BCUT2D eigenvalue weighted by molar-refractivity contribution is 0.905. The fourth-order valence-electron chi connectivity index (χ4n) is 1.27. The highest BCUT2D eigenvalue weighted by Crippen LogP contribution is 2.37. The molecule has 2 rings (SSSR count). The monoisotopic (exact) mass is 331 g/mol. The van der Waals surface area contributed by atoms with Crippen LogP contribution in [0.15, 0.2) is 38.1 Å². The van der Waals surface area contributed by atoms with E-state index in [1.165, 1.54) is 24.0 Å². The normalized spacial score (nSPS) is 12.6. The first-order valence-corrected chi connectivity index (χ1v) is 7.35. The Morgan fingerprint density at radius 3 is 2.94 bits per heavy atom. The highest BCUT2D eigenvalue weighted by atomic mass is 79.9. The average molecular weight is 332 g/mol. The van der Waals surface area contributed by atoms with Gasteiger partial charge in [0.05, 0.1) is 9.04 Å². The Bertz CT molecular complexity index is 554. The summed E-state index contributed by atoms with van der Waals surface area (Å²) in [5, 5.41) is 0.703. The zero-order valence-electron chi connectivity index (χ0n) is 8.72. The first-order chi connectivity index (χ1) is 8.19. The second kappa shape index (κ2) is 5.81. The number of nitrogens with one attached hydrogen (secondary N) is 1. The number of aromatic nitrogens is 2. The molecule has 0 aromatic carbocycles. The minimum atomic E-state index is -0.148. The third-order valence-electron chi connectivity index (χ3n) is 2.03. The van der Waals surface area contributed by atoms with Crippen molar-refractivity contribution < 1.29 is 0 Å². The van der Waals surface area contributed by atoms with Gasteiger partial charge in [-0.05, 0) is 28.1 Å². The molecular formula is C10H10BrN3OS2. The molecule has 0 fully saturated rings. The predicted octanol–water partition coefficient (Wildman–Crippen LogP) is 2.39. The van der Waals surface area contributed by atoms with E-state index < -0.39 is 0 Å². The van der Waals surface area contributed by atoms with Gasteiger partial charge in [-0.25, -0.2) is 4.98 Å². The second-order valence-corrected chi connectivity index (χ2v) is 6.91. The molecule has 1 atom stereocenters. The van der Waals surface area contributed by atoms with E-state index in [2.05, 4.69) is 25.9 Å². The maximum Gasteiger partial charge on any atom is 0.251 e. The van der Waals surface area contributed by atoms with Gasteiger partial charge in [0.1, 0.15) is 0 Å². The van der Waals surface area contributed by atoms with Gasteiger partial charge in [0, 0.05) is 23.7 Å². The van der Waals surface area contributed by atoms with Gasteiger partial charge in [0.2, 0.25) is 0 Å². The van der Waals surface area contributed by atoms with Crippen molar-refractivity contribution in [1.29, 1.82) is 0 Å².